The van der Waals surface area contributed by atoms with E-state index in [0.717, 1.165) is 33.0 Å². The van der Waals surface area contributed by atoms with Gasteiger partial charge in [-0.05, 0) is 30.3 Å². The summed E-state index contributed by atoms with van der Waals surface area (Å²) in [5, 5.41) is 3.29. The molecule has 0 aliphatic carbocycles. The number of nitrogens with one attached hydrogen (secondary N) is 1. The van der Waals surface area contributed by atoms with Crippen molar-refractivity contribution in [2.75, 3.05) is 26.0 Å². The second-order valence-electron chi connectivity index (χ2n) is 6.61. The number of hydrogen-bond acceptors (Lipinski definition) is 7. The Bertz CT molecular complexity index is 1170. The fraction of sp³-hybridized carbons (Fsp3) is 0.250. The van der Waals surface area contributed by atoms with Crippen molar-refractivity contribution in [3.63, 3.8) is 0 Å². The smallest absolute Gasteiger partial charge is 0.167 e. The monoisotopic (exact) mass is 454 g/mol. The van der Waals surface area contributed by atoms with Crippen LogP contribution in [0.1, 0.15) is 19.5 Å². The number of halogens is 1. The Hall–Kier alpha value is -3.07. The van der Waals surface area contributed by atoms with Crippen LogP contribution in [-0.4, -0.2) is 30.2 Å². The van der Waals surface area contributed by atoms with Crippen molar-refractivity contribution in [3.8, 4) is 22.1 Å². The second-order valence-corrected chi connectivity index (χ2v) is 7.66. The van der Waals surface area contributed by atoms with E-state index < -0.39 is 5.82 Å². The SMILES string of the molecule is CC.COCCNCc1cccc(-c2cc3nccc(Oc4ccc(N)cc4F)c3s2)n1. The summed E-state index contributed by atoms with van der Waals surface area (Å²) in [6.45, 7) is 6.07. The minimum absolute atomic E-state index is 0.119. The van der Waals surface area contributed by atoms with E-state index in [9.17, 15) is 4.39 Å². The van der Waals surface area contributed by atoms with Crippen LogP contribution < -0.4 is 15.8 Å². The van der Waals surface area contributed by atoms with Gasteiger partial charge in [0.15, 0.2) is 11.6 Å². The van der Waals surface area contributed by atoms with Crippen molar-refractivity contribution in [1.29, 1.82) is 0 Å². The highest BCUT2D eigenvalue weighted by molar-refractivity contribution is 7.22. The van der Waals surface area contributed by atoms with Crippen molar-refractivity contribution >= 4 is 27.2 Å². The number of nitrogens with two attached hydrogens (primary N) is 1. The molecule has 4 aromatic rings. The summed E-state index contributed by atoms with van der Waals surface area (Å²) >= 11 is 1.51. The van der Waals surface area contributed by atoms with Gasteiger partial charge in [0.2, 0.25) is 0 Å². The van der Waals surface area contributed by atoms with Crippen LogP contribution in [0, 0.1) is 5.82 Å². The second kappa shape index (κ2) is 11.5. The molecular weight excluding hydrogens is 427 g/mol. The first-order valence-corrected chi connectivity index (χ1v) is 11.2. The molecule has 3 N–H and O–H groups in total. The number of anilines is 1. The number of nitrogen functional groups attached to an aromatic ring is 1. The van der Waals surface area contributed by atoms with Crippen LogP contribution in [0.2, 0.25) is 0 Å². The molecule has 1 aromatic carbocycles. The molecule has 3 heterocycles. The first-order valence-electron chi connectivity index (χ1n) is 10.4. The summed E-state index contributed by atoms with van der Waals surface area (Å²) in [4.78, 5) is 10.1. The van der Waals surface area contributed by atoms with Gasteiger partial charge in [0.1, 0.15) is 5.75 Å². The minimum atomic E-state index is -0.507. The molecule has 0 radical (unpaired) electrons. The number of methoxy groups -OCH3 is 1. The summed E-state index contributed by atoms with van der Waals surface area (Å²) in [6.07, 6.45) is 1.65. The summed E-state index contributed by atoms with van der Waals surface area (Å²) in [5.74, 6) is 0.151. The molecule has 0 aliphatic heterocycles. The molecule has 0 saturated carbocycles. The van der Waals surface area contributed by atoms with Gasteiger partial charge in [-0.25, -0.2) is 4.39 Å². The number of pyridine rings is 2. The molecule has 0 spiro atoms. The summed E-state index contributed by atoms with van der Waals surface area (Å²) in [5.41, 5.74) is 8.53. The summed E-state index contributed by atoms with van der Waals surface area (Å²) in [6, 6.07) is 14.0. The van der Waals surface area contributed by atoms with Crippen LogP contribution >= 0.6 is 11.3 Å². The fourth-order valence-electron chi connectivity index (χ4n) is 2.95. The number of nitrogens with zero attached hydrogens (tertiary/aromatic N) is 2. The third-order valence-electron chi connectivity index (χ3n) is 4.40. The van der Waals surface area contributed by atoms with E-state index in [2.05, 4.69) is 10.3 Å². The predicted octanol–water partition coefficient (Wildman–Crippen LogP) is 5.63. The fourth-order valence-corrected chi connectivity index (χ4v) is 3.98. The molecule has 32 heavy (non-hydrogen) atoms. The van der Waals surface area contributed by atoms with E-state index in [1.54, 1.807) is 25.4 Å². The van der Waals surface area contributed by atoms with Gasteiger partial charge >= 0.3 is 0 Å². The van der Waals surface area contributed by atoms with E-state index in [0.29, 0.717) is 24.6 Å². The van der Waals surface area contributed by atoms with Crippen LogP contribution in [0.3, 0.4) is 0 Å². The number of aromatic nitrogens is 2. The zero-order valence-corrected chi connectivity index (χ0v) is 19.2. The van der Waals surface area contributed by atoms with E-state index in [4.69, 9.17) is 20.2 Å². The first-order chi connectivity index (χ1) is 15.6. The van der Waals surface area contributed by atoms with Crippen molar-refractivity contribution in [3.05, 3.63) is 66.2 Å². The average molecular weight is 455 g/mol. The minimum Gasteiger partial charge on any atom is -0.453 e. The molecule has 0 bridgehead atoms. The Kier molecular flexibility index (Phi) is 8.49. The first kappa shape index (κ1) is 23.6. The number of thiophene rings is 1. The Morgan fingerprint density at radius 3 is 2.72 bits per heavy atom. The van der Waals surface area contributed by atoms with Gasteiger partial charge in [0.25, 0.3) is 0 Å². The van der Waals surface area contributed by atoms with Crippen LogP contribution in [0.4, 0.5) is 10.1 Å². The molecule has 6 nitrogen and oxygen atoms in total. The van der Waals surface area contributed by atoms with Gasteiger partial charge in [-0.2, -0.15) is 0 Å². The van der Waals surface area contributed by atoms with Crippen LogP contribution in [0.5, 0.6) is 11.5 Å². The Balaban J connectivity index is 0.00000141. The van der Waals surface area contributed by atoms with E-state index in [1.165, 1.54) is 23.5 Å². The number of hydrogen-bond donors (Lipinski definition) is 2. The van der Waals surface area contributed by atoms with Crippen LogP contribution in [-0.2, 0) is 11.3 Å². The molecular formula is C24H27FN4O2S. The van der Waals surface area contributed by atoms with E-state index >= 15 is 0 Å². The molecule has 8 heteroatoms. The Labute approximate surface area is 191 Å². The molecule has 168 valence electrons. The Morgan fingerprint density at radius 1 is 1.09 bits per heavy atom. The zero-order valence-electron chi connectivity index (χ0n) is 18.4. The predicted molar refractivity (Wildman–Crippen MR) is 129 cm³/mol. The van der Waals surface area contributed by atoms with E-state index in [1.807, 2.05) is 38.1 Å². The number of fused-ring (bicyclic) bond motifs is 1. The van der Waals surface area contributed by atoms with Gasteiger partial charge < -0.3 is 20.5 Å². The van der Waals surface area contributed by atoms with Crippen molar-refractivity contribution < 1.29 is 13.9 Å². The molecule has 3 aromatic heterocycles. The largest absolute Gasteiger partial charge is 0.453 e. The summed E-state index contributed by atoms with van der Waals surface area (Å²) < 4.78 is 25.9. The quantitative estimate of drug-likeness (QED) is 0.265. The van der Waals surface area contributed by atoms with Crippen molar-refractivity contribution in [2.24, 2.45) is 0 Å². The van der Waals surface area contributed by atoms with Gasteiger partial charge in [-0.3, -0.25) is 9.97 Å². The number of ether oxygens (including phenoxy) is 2. The normalized spacial score (nSPS) is 10.6. The maximum atomic E-state index is 14.2. The number of rotatable bonds is 8. The van der Waals surface area contributed by atoms with Crippen LogP contribution in [0.25, 0.3) is 20.8 Å². The third kappa shape index (κ3) is 5.79. The molecule has 0 aliphatic rings. The highest BCUT2D eigenvalue weighted by Gasteiger charge is 2.13. The molecule has 0 saturated heterocycles. The van der Waals surface area contributed by atoms with E-state index in [-0.39, 0.29) is 5.75 Å². The Morgan fingerprint density at radius 2 is 1.94 bits per heavy atom. The molecule has 0 fully saturated rings. The van der Waals surface area contributed by atoms with Gasteiger partial charge in [-0.1, -0.05) is 19.9 Å². The summed E-state index contributed by atoms with van der Waals surface area (Å²) in [7, 11) is 1.68. The maximum Gasteiger partial charge on any atom is 0.167 e. The van der Waals surface area contributed by atoms with Crippen molar-refractivity contribution in [2.45, 2.75) is 20.4 Å². The van der Waals surface area contributed by atoms with Gasteiger partial charge in [0.05, 0.1) is 33.1 Å². The zero-order chi connectivity index (χ0) is 22.9. The lowest BCUT2D eigenvalue weighted by molar-refractivity contribution is 0.199. The average Bonchev–Trinajstić information content (AvgIpc) is 3.26. The third-order valence-corrected chi connectivity index (χ3v) is 5.56. The lowest BCUT2D eigenvalue weighted by Crippen LogP contribution is -2.19. The molecule has 4 rings (SSSR count). The van der Waals surface area contributed by atoms with Crippen molar-refractivity contribution in [1.82, 2.24) is 15.3 Å². The lowest BCUT2D eigenvalue weighted by atomic mass is 10.2. The highest BCUT2D eigenvalue weighted by atomic mass is 32.1. The topological polar surface area (TPSA) is 82.3 Å². The molecule has 0 amide bonds. The molecule has 0 unspecified atom stereocenters. The van der Waals surface area contributed by atoms with Gasteiger partial charge in [0, 0.05) is 44.2 Å². The van der Waals surface area contributed by atoms with Gasteiger partial charge in [-0.15, -0.1) is 11.3 Å². The lowest BCUT2D eigenvalue weighted by Gasteiger charge is -2.07. The number of benzene rings is 1. The highest BCUT2D eigenvalue weighted by Crippen LogP contribution is 2.39. The standard InChI is InChI=1S/C22H21FN4O2S.C2H6/c1-28-10-9-25-13-15-3-2-4-17(27-15)21-12-18-22(30-21)20(7-8-26-18)29-19-6-5-14(24)11-16(19)23;1-2/h2-8,11-12,25H,9-10,13,24H2,1H3;1-2H3. The van der Waals surface area contributed by atoms with Crippen LogP contribution in [0.15, 0.2) is 54.7 Å². The molecule has 0 atom stereocenters. The maximum absolute atomic E-state index is 14.2.